The average molecular weight is 262 g/mol. The van der Waals surface area contributed by atoms with E-state index in [1.165, 1.54) is 0 Å². The molecule has 1 rings (SSSR count). The molecule has 19 heavy (non-hydrogen) atoms. The summed E-state index contributed by atoms with van der Waals surface area (Å²) in [5.74, 6) is 0. The first-order valence-electron chi connectivity index (χ1n) is 6.39. The highest BCUT2D eigenvalue weighted by Crippen LogP contribution is 2.18. The van der Waals surface area contributed by atoms with Crippen molar-refractivity contribution in [1.29, 1.82) is 5.26 Å². The largest absolute Gasteiger partial charge is 0.382 e. The summed E-state index contributed by atoms with van der Waals surface area (Å²) in [6, 6.07) is 4.08. The van der Waals surface area contributed by atoms with Crippen molar-refractivity contribution in [1.82, 2.24) is 9.88 Å². The van der Waals surface area contributed by atoms with Crippen LogP contribution in [0.4, 0.5) is 5.69 Å². The molecule has 0 fully saturated rings. The van der Waals surface area contributed by atoms with Gasteiger partial charge in [-0.1, -0.05) is 0 Å². The molecule has 0 atom stereocenters. The molecule has 0 aromatic carbocycles. The van der Waals surface area contributed by atoms with Crippen LogP contribution in [0.1, 0.15) is 17.0 Å². The lowest BCUT2D eigenvalue weighted by atomic mass is 10.1. The van der Waals surface area contributed by atoms with E-state index < -0.39 is 0 Å². The van der Waals surface area contributed by atoms with Crippen molar-refractivity contribution in [3.8, 4) is 6.07 Å². The van der Waals surface area contributed by atoms with Gasteiger partial charge in [0, 0.05) is 18.8 Å². The third-order valence-electron chi connectivity index (χ3n) is 2.68. The number of rotatable bonds is 7. The fraction of sp³-hybridized carbons (Fsp3) is 0.571. The summed E-state index contributed by atoms with van der Waals surface area (Å²) in [5, 5.41) is 12.4. The number of hydrogen-bond donors (Lipinski definition) is 1. The molecule has 0 aliphatic carbocycles. The Morgan fingerprint density at radius 2 is 2.11 bits per heavy atom. The zero-order chi connectivity index (χ0) is 14.3. The minimum Gasteiger partial charge on any atom is -0.382 e. The van der Waals surface area contributed by atoms with Crippen molar-refractivity contribution < 1.29 is 4.74 Å². The lowest BCUT2D eigenvalue weighted by molar-refractivity contribution is 0.126. The second-order valence-corrected chi connectivity index (χ2v) is 4.73. The first kappa shape index (κ1) is 15.4. The van der Waals surface area contributed by atoms with Gasteiger partial charge in [-0.25, -0.2) is 0 Å². The Hall–Kier alpha value is -1.64. The number of likely N-dealkylation sites (N-methyl/N-ethyl adjacent to an activating group) is 1. The summed E-state index contributed by atoms with van der Waals surface area (Å²) < 4.78 is 5.50. The summed E-state index contributed by atoms with van der Waals surface area (Å²) in [6.07, 6.45) is 0. The molecule has 1 aromatic heterocycles. The van der Waals surface area contributed by atoms with E-state index in [2.05, 4.69) is 21.3 Å². The van der Waals surface area contributed by atoms with Gasteiger partial charge < -0.3 is 15.0 Å². The summed E-state index contributed by atoms with van der Waals surface area (Å²) >= 11 is 0. The van der Waals surface area contributed by atoms with E-state index in [1.54, 1.807) is 0 Å². The van der Waals surface area contributed by atoms with E-state index in [4.69, 9.17) is 10.00 Å². The highest BCUT2D eigenvalue weighted by atomic mass is 16.5. The molecular formula is C14H22N4O. The first-order chi connectivity index (χ1) is 9.04. The maximum atomic E-state index is 9.13. The topological polar surface area (TPSA) is 61.2 Å². The summed E-state index contributed by atoms with van der Waals surface area (Å²) in [4.78, 5) is 6.36. The molecule has 0 saturated carbocycles. The van der Waals surface area contributed by atoms with Crippen LogP contribution in [0, 0.1) is 25.2 Å². The second-order valence-electron chi connectivity index (χ2n) is 4.73. The molecule has 0 amide bonds. The predicted octanol–water partition coefficient (Wildman–Crippen LogP) is 1.56. The van der Waals surface area contributed by atoms with Gasteiger partial charge in [-0.2, -0.15) is 5.26 Å². The van der Waals surface area contributed by atoms with Crippen molar-refractivity contribution in [2.24, 2.45) is 0 Å². The van der Waals surface area contributed by atoms with Gasteiger partial charge in [-0.3, -0.25) is 4.98 Å². The molecule has 104 valence electrons. The number of aryl methyl sites for hydroxylation is 2. The summed E-state index contributed by atoms with van der Waals surface area (Å²) in [6.45, 7) is 6.71. The SMILES string of the molecule is Cc1cc(NCCOCCN(C)C)c(C#N)c(C)n1. The molecule has 0 radical (unpaired) electrons. The maximum Gasteiger partial charge on any atom is 0.103 e. The zero-order valence-electron chi connectivity index (χ0n) is 12.2. The van der Waals surface area contributed by atoms with Gasteiger partial charge in [0.05, 0.1) is 30.2 Å². The number of anilines is 1. The molecule has 0 aliphatic rings. The Morgan fingerprint density at radius 1 is 1.37 bits per heavy atom. The van der Waals surface area contributed by atoms with Crippen LogP contribution in [0.25, 0.3) is 0 Å². The number of aromatic nitrogens is 1. The lowest BCUT2D eigenvalue weighted by Gasteiger charge is -2.12. The van der Waals surface area contributed by atoms with Crippen molar-refractivity contribution in [2.75, 3.05) is 45.7 Å². The number of hydrogen-bond acceptors (Lipinski definition) is 5. The minimum atomic E-state index is 0.610. The van der Waals surface area contributed by atoms with Crippen LogP contribution in [-0.2, 0) is 4.74 Å². The fourth-order valence-corrected chi connectivity index (χ4v) is 1.72. The van der Waals surface area contributed by atoms with Crippen molar-refractivity contribution >= 4 is 5.69 Å². The van der Waals surface area contributed by atoms with E-state index >= 15 is 0 Å². The van der Waals surface area contributed by atoms with Crippen molar-refractivity contribution in [2.45, 2.75) is 13.8 Å². The number of nitrogens with zero attached hydrogens (tertiary/aromatic N) is 3. The number of ether oxygens (including phenoxy) is 1. The van der Waals surface area contributed by atoms with Crippen molar-refractivity contribution in [3.63, 3.8) is 0 Å². The molecular weight excluding hydrogens is 240 g/mol. The number of nitrogens with one attached hydrogen (secondary N) is 1. The van der Waals surface area contributed by atoms with Gasteiger partial charge in [-0.15, -0.1) is 0 Å². The van der Waals surface area contributed by atoms with Gasteiger partial charge in [-0.05, 0) is 34.0 Å². The van der Waals surface area contributed by atoms with Gasteiger partial charge >= 0.3 is 0 Å². The normalized spacial score (nSPS) is 10.5. The molecule has 5 heteroatoms. The Balaban J connectivity index is 2.43. The van der Waals surface area contributed by atoms with Crippen LogP contribution in [0.3, 0.4) is 0 Å². The molecule has 1 N–H and O–H groups in total. The van der Waals surface area contributed by atoms with Gasteiger partial charge in [0.1, 0.15) is 6.07 Å². The monoisotopic (exact) mass is 262 g/mol. The molecule has 5 nitrogen and oxygen atoms in total. The van der Waals surface area contributed by atoms with Crippen LogP contribution in [0.2, 0.25) is 0 Å². The van der Waals surface area contributed by atoms with E-state index in [1.807, 2.05) is 34.0 Å². The van der Waals surface area contributed by atoms with E-state index in [9.17, 15) is 0 Å². The Kier molecular flexibility index (Phi) is 6.26. The van der Waals surface area contributed by atoms with Gasteiger partial charge in [0.15, 0.2) is 0 Å². The Labute approximate surface area is 115 Å². The Morgan fingerprint density at radius 3 is 2.74 bits per heavy atom. The smallest absolute Gasteiger partial charge is 0.103 e. The van der Waals surface area contributed by atoms with Crippen LogP contribution >= 0.6 is 0 Å². The number of pyridine rings is 1. The molecule has 0 unspecified atom stereocenters. The zero-order valence-corrected chi connectivity index (χ0v) is 12.2. The minimum absolute atomic E-state index is 0.610. The highest BCUT2D eigenvalue weighted by Gasteiger charge is 2.07. The van der Waals surface area contributed by atoms with E-state index in [0.717, 1.165) is 23.6 Å². The number of nitriles is 1. The summed E-state index contributed by atoms with van der Waals surface area (Å²) in [7, 11) is 4.03. The highest BCUT2D eigenvalue weighted by molar-refractivity contribution is 5.59. The first-order valence-corrected chi connectivity index (χ1v) is 6.39. The van der Waals surface area contributed by atoms with Gasteiger partial charge in [0.2, 0.25) is 0 Å². The second kappa shape index (κ2) is 7.72. The summed E-state index contributed by atoms with van der Waals surface area (Å²) in [5.41, 5.74) is 3.12. The molecule has 1 heterocycles. The van der Waals surface area contributed by atoms with Crippen LogP contribution in [0.5, 0.6) is 0 Å². The standard InChI is InChI=1S/C14H22N4O/c1-11-9-14(13(10-15)12(2)17-11)16-5-7-19-8-6-18(3)4/h9H,5-8H2,1-4H3,(H,16,17). The average Bonchev–Trinajstić information content (AvgIpc) is 2.32. The van der Waals surface area contributed by atoms with Crippen LogP contribution in [-0.4, -0.2) is 50.3 Å². The molecule has 0 spiro atoms. The van der Waals surface area contributed by atoms with E-state index in [-0.39, 0.29) is 0 Å². The third-order valence-corrected chi connectivity index (χ3v) is 2.68. The van der Waals surface area contributed by atoms with E-state index in [0.29, 0.717) is 25.3 Å². The van der Waals surface area contributed by atoms with Crippen molar-refractivity contribution in [3.05, 3.63) is 23.0 Å². The maximum absolute atomic E-state index is 9.13. The van der Waals surface area contributed by atoms with Gasteiger partial charge in [0.25, 0.3) is 0 Å². The predicted molar refractivity (Wildman–Crippen MR) is 76.3 cm³/mol. The molecule has 0 bridgehead atoms. The fourth-order valence-electron chi connectivity index (χ4n) is 1.72. The molecule has 0 saturated heterocycles. The quantitative estimate of drug-likeness (QED) is 0.756. The Bertz CT molecular complexity index is 451. The van der Waals surface area contributed by atoms with Crippen LogP contribution in [0.15, 0.2) is 6.07 Å². The van der Waals surface area contributed by atoms with Crippen LogP contribution < -0.4 is 5.32 Å². The molecule has 0 aliphatic heterocycles. The molecule has 1 aromatic rings. The third kappa shape index (κ3) is 5.25. The lowest BCUT2D eigenvalue weighted by Crippen LogP contribution is -2.20.